The first-order valence-corrected chi connectivity index (χ1v) is 7.08. The molecule has 2 rings (SSSR count). The molecule has 2 aromatic rings. The lowest BCUT2D eigenvalue weighted by atomic mass is 10.2. The molecule has 0 aliphatic heterocycles. The minimum absolute atomic E-state index is 0.113. The molecule has 2 aromatic carbocycles. The van der Waals surface area contributed by atoms with E-state index in [0.717, 1.165) is 5.56 Å². The van der Waals surface area contributed by atoms with Gasteiger partial charge in [0.15, 0.2) is 0 Å². The number of aromatic hydroxyl groups is 1. The molecule has 7 nitrogen and oxygen atoms in total. The summed E-state index contributed by atoms with van der Waals surface area (Å²) in [4.78, 5) is 24.0. The molecule has 0 unspecified atom stereocenters. The van der Waals surface area contributed by atoms with Crippen molar-refractivity contribution in [2.75, 3.05) is 24.9 Å². The molecule has 0 spiro atoms. The van der Waals surface area contributed by atoms with E-state index in [1.54, 1.807) is 31.2 Å². The summed E-state index contributed by atoms with van der Waals surface area (Å²) < 4.78 is 10.2. The first-order chi connectivity index (χ1) is 11.4. The zero-order valence-corrected chi connectivity index (χ0v) is 13.5. The van der Waals surface area contributed by atoms with Crippen LogP contribution in [0.3, 0.4) is 0 Å². The van der Waals surface area contributed by atoms with Gasteiger partial charge in [-0.1, -0.05) is 6.07 Å². The first kappa shape index (κ1) is 17.1. The van der Waals surface area contributed by atoms with E-state index in [-0.39, 0.29) is 11.4 Å². The second-order valence-corrected chi connectivity index (χ2v) is 5.00. The maximum absolute atomic E-state index is 12.0. The summed E-state index contributed by atoms with van der Waals surface area (Å²) in [5.41, 5.74) is 1.31. The molecule has 0 aromatic heterocycles. The van der Waals surface area contributed by atoms with Crippen molar-refractivity contribution < 1.29 is 24.2 Å². The third-order valence-corrected chi connectivity index (χ3v) is 3.26. The smallest absolute Gasteiger partial charge is 0.314 e. The Bertz CT molecular complexity index is 774. The molecule has 0 heterocycles. The lowest BCUT2D eigenvalue weighted by molar-refractivity contribution is -0.133. The van der Waals surface area contributed by atoms with Crippen molar-refractivity contribution in [3.63, 3.8) is 0 Å². The number of methoxy groups -OCH3 is 2. The third kappa shape index (κ3) is 3.95. The number of nitrogens with one attached hydrogen (secondary N) is 2. The number of hydrogen-bond acceptors (Lipinski definition) is 5. The van der Waals surface area contributed by atoms with Crippen molar-refractivity contribution in [3.05, 3.63) is 42.0 Å². The Morgan fingerprint density at radius 3 is 2.12 bits per heavy atom. The monoisotopic (exact) mass is 330 g/mol. The highest BCUT2D eigenvalue weighted by Crippen LogP contribution is 2.29. The van der Waals surface area contributed by atoms with E-state index in [1.165, 1.54) is 26.4 Å². The van der Waals surface area contributed by atoms with Crippen LogP contribution in [0.2, 0.25) is 0 Å². The number of amides is 2. The summed E-state index contributed by atoms with van der Waals surface area (Å²) in [6.07, 6.45) is 0. The molecule has 2 amide bonds. The maximum Gasteiger partial charge on any atom is 0.314 e. The highest BCUT2D eigenvalue weighted by molar-refractivity contribution is 6.43. The van der Waals surface area contributed by atoms with Crippen molar-refractivity contribution in [2.24, 2.45) is 0 Å². The van der Waals surface area contributed by atoms with Gasteiger partial charge in [-0.25, -0.2) is 0 Å². The van der Waals surface area contributed by atoms with Gasteiger partial charge in [-0.2, -0.15) is 0 Å². The lowest BCUT2D eigenvalue weighted by Gasteiger charge is -2.12. The fourth-order valence-electron chi connectivity index (χ4n) is 2.01. The highest BCUT2D eigenvalue weighted by atomic mass is 16.5. The van der Waals surface area contributed by atoms with Gasteiger partial charge < -0.3 is 25.2 Å². The third-order valence-electron chi connectivity index (χ3n) is 3.26. The Labute approximate surface area is 139 Å². The number of aryl methyl sites for hydroxylation is 1. The Morgan fingerprint density at radius 2 is 1.54 bits per heavy atom. The van der Waals surface area contributed by atoms with Gasteiger partial charge in [0.05, 0.1) is 25.6 Å². The molecule has 0 bridgehead atoms. The number of carbonyl (C=O) groups is 2. The van der Waals surface area contributed by atoms with E-state index in [0.29, 0.717) is 17.2 Å². The van der Waals surface area contributed by atoms with Gasteiger partial charge in [0.25, 0.3) is 0 Å². The van der Waals surface area contributed by atoms with E-state index in [4.69, 9.17) is 9.47 Å². The predicted molar refractivity (Wildman–Crippen MR) is 89.6 cm³/mol. The van der Waals surface area contributed by atoms with Crippen LogP contribution in [0.4, 0.5) is 11.4 Å². The van der Waals surface area contributed by atoms with Crippen LogP contribution in [0.15, 0.2) is 36.4 Å². The molecule has 0 radical (unpaired) electrons. The summed E-state index contributed by atoms with van der Waals surface area (Å²) in [5.74, 6) is -1.00. The number of anilines is 2. The Balaban J connectivity index is 2.10. The number of ether oxygens (including phenoxy) is 2. The number of phenolic OH excluding ortho intramolecular Hbond substituents is 1. The van der Waals surface area contributed by atoms with E-state index >= 15 is 0 Å². The maximum atomic E-state index is 12.0. The number of phenols is 1. The molecule has 24 heavy (non-hydrogen) atoms. The van der Waals surface area contributed by atoms with Crippen LogP contribution >= 0.6 is 0 Å². The Morgan fingerprint density at radius 1 is 0.917 bits per heavy atom. The Hall–Kier alpha value is -3.22. The zero-order chi connectivity index (χ0) is 17.7. The quantitative estimate of drug-likeness (QED) is 0.590. The van der Waals surface area contributed by atoms with Crippen LogP contribution < -0.4 is 20.1 Å². The largest absolute Gasteiger partial charge is 0.506 e. The molecule has 0 aliphatic carbocycles. The lowest BCUT2D eigenvalue weighted by Crippen LogP contribution is -2.29. The fraction of sp³-hybridized carbons (Fsp3) is 0.176. The van der Waals surface area contributed by atoms with Gasteiger partial charge in [-0.05, 0) is 36.8 Å². The number of rotatable bonds is 4. The molecule has 0 saturated heterocycles. The topological polar surface area (TPSA) is 96.9 Å². The predicted octanol–water partition coefficient (Wildman–Crippen LogP) is 2.30. The van der Waals surface area contributed by atoms with E-state index in [2.05, 4.69) is 10.6 Å². The van der Waals surface area contributed by atoms with Crippen molar-refractivity contribution in [1.82, 2.24) is 0 Å². The molecular formula is C17H18N2O5. The normalized spacial score (nSPS) is 9.96. The summed E-state index contributed by atoms with van der Waals surface area (Å²) in [6.45, 7) is 1.80. The molecule has 126 valence electrons. The van der Waals surface area contributed by atoms with Crippen LogP contribution in [0.1, 0.15) is 5.56 Å². The van der Waals surface area contributed by atoms with Gasteiger partial charge in [0.2, 0.25) is 0 Å². The van der Waals surface area contributed by atoms with E-state index in [1.807, 2.05) is 0 Å². The zero-order valence-electron chi connectivity index (χ0n) is 13.5. The van der Waals surface area contributed by atoms with Gasteiger partial charge in [-0.3, -0.25) is 9.59 Å². The van der Waals surface area contributed by atoms with Crippen LogP contribution in [0.5, 0.6) is 17.2 Å². The molecule has 0 saturated carbocycles. The van der Waals surface area contributed by atoms with Gasteiger partial charge in [-0.15, -0.1) is 0 Å². The molecule has 3 N–H and O–H groups in total. The van der Waals surface area contributed by atoms with E-state index in [9.17, 15) is 14.7 Å². The van der Waals surface area contributed by atoms with Gasteiger partial charge in [0.1, 0.15) is 17.2 Å². The van der Waals surface area contributed by atoms with Crippen molar-refractivity contribution >= 4 is 23.2 Å². The van der Waals surface area contributed by atoms with Crippen LogP contribution in [0.25, 0.3) is 0 Å². The molecule has 0 atom stereocenters. The Kier molecular flexibility index (Phi) is 5.26. The van der Waals surface area contributed by atoms with Gasteiger partial charge >= 0.3 is 11.8 Å². The second-order valence-electron chi connectivity index (χ2n) is 5.00. The average Bonchev–Trinajstić information content (AvgIpc) is 2.57. The van der Waals surface area contributed by atoms with Gasteiger partial charge in [0, 0.05) is 6.07 Å². The second kappa shape index (κ2) is 7.36. The van der Waals surface area contributed by atoms with Crippen LogP contribution in [-0.2, 0) is 9.59 Å². The number of hydrogen-bond donors (Lipinski definition) is 3. The van der Waals surface area contributed by atoms with Crippen molar-refractivity contribution in [2.45, 2.75) is 6.92 Å². The van der Waals surface area contributed by atoms with Crippen molar-refractivity contribution in [3.8, 4) is 17.2 Å². The summed E-state index contributed by atoms with van der Waals surface area (Å²) in [6, 6.07) is 9.48. The number of carbonyl (C=O) groups excluding carboxylic acids is 2. The van der Waals surface area contributed by atoms with E-state index < -0.39 is 11.8 Å². The highest BCUT2D eigenvalue weighted by Gasteiger charge is 2.17. The minimum Gasteiger partial charge on any atom is -0.506 e. The number of benzene rings is 2. The summed E-state index contributed by atoms with van der Waals surface area (Å²) in [7, 11) is 2.95. The fourth-order valence-corrected chi connectivity index (χ4v) is 2.01. The van der Waals surface area contributed by atoms with Crippen molar-refractivity contribution in [1.29, 1.82) is 0 Å². The van der Waals surface area contributed by atoms with Crippen LogP contribution in [0, 0.1) is 6.92 Å². The molecule has 0 aliphatic rings. The molecular weight excluding hydrogens is 312 g/mol. The molecule has 7 heteroatoms. The summed E-state index contributed by atoms with van der Waals surface area (Å²) in [5, 5.41) is 14.6. The first-order valence-electron chi connectivity index (χ1n) is 7.08. The average molecular weight is 330 g/mol. The minimum atomic E-state index is -0.910. The summed E-state index contributed by atoms with van der Waals surface area (Å²) >= 11 is 0. The standard InChI is InChI=1S/C17H18N2O5/c1-10-4-6-12(14(20)8-10)18-16(21)17(22)19-13-7-5-11(23-2)9-15(13)24-3/h4-9,20H,1-3H3,(H,18,21)(H,19,22). The van der Waals surface area contributed by atoms with Crippen LogP contribution in [-0.4, -0.2) is 31.1 Å². The molecule has 0 fully saturated rings. The SMILES string of the molecule is COc1ccc(NC(=O)C(=O)Nc2ccc(C)cc2O)c(OC)c1.